The minimum Gasteiger partial charge on any atom is -0.330 e. The van der Waals surface area contributed by atoms with Crippen LogP contribution < -0.4 is 5.73 Å². The SMILES string of the molecule is NCCCCc1cc(Br)cc(F)c1Cl. The molecule has 1 rings (SSSR count). The van der Waals surface area contributed by atoms with Crippen LogP contribution in [0.3, 0.4) is 0 Å². The van der Waals surface area contributed by atoms with Gasteiger partial charge in [0.1, 0.15) is 5.82 Å². The Labute approximate surface area is 96.6 Å². The van der Waals surface area contributed by atoms with Crippen LogP contribution in [0.5, 0.6) is 0 Å². The number of hydrogen-bond acceptors (Lipinski definition) is 1. The average molecular weight is 281 g/mol. The Morgan fingerprint density at radius 2 is 2.07 bits per heavy atom. The highest BCUT2D eigenvalue weighted by Crippen LogP contribution is 2.26. The molecule has 0 aliphatic carbocycles. The maximum Gasteiger partial charge on any atom is 0.143 e. The summed E-state index contributed by atoms with van der Waals surface area (Å²) in [6.07, 6.45) is 2.64. The Kier molecular flexibility index (Phi) is 4.85. The van der Waals surface area contributed by atoms with Crippen LogP contribution in [0, 0.1) is 5.82 Å². The van der Waals surface area contributed by atoms with Gasteiger partial charge in [-0.15, -0.1) is 0 Å². The summed E-state index contributed by atoms with van der Waals surface area (Å²) in [6.45, 7) is 0.661. The lowest BCUT2D eigenvalue weighted by Crippen LogP contribution is -1.99. The molecule has 0 saturated heterocycles. The molecule has 0 amide bonds. The van der Waals surface area contributed by atoms with Crippen molar-refractivity contribution >= 4 is 27.5 Å². The van der Waals surface area contributed by atoms with Crippen LogP contribution in [0.15, 0.2) is 16.6 Å². The van der Waals surface area contributed by atoms with E-state index >= 15 is 0 Å². The third kappa shape index (κ3) is 3.23. The van der Waals surface area contributed by atoms with E-state index < -0.39 is 0 Å². The molecule has 0 aliphatic heterocycles. The highest BCUT2D eigenvalue weighted by atomic mass is 79.9. The maximum atomic E-state index is 13.2. The van der Waals surface area contributed by atoms with E-state index in [4.69, 9.17) is 17.3 Å². The normalized spacial score (nSPS) is 10.6. The number of aryl methyl sites for hydroxylation is 1. The Hall–Kier alpha value is -0.120. The van der Waals surface area contributed by atoms with Crippen LogP contribution in [-0.2, 0) is 6.42 Å². The predicted molar refractivity (Wildman–Crippen MR) is 61.1 cm³/mol. The second-order valence-electron chi connectivity index (χ2n) is 3.11. The summed E-state index contributed by atoms with van der Waals surface area (Å²) in [5.41, 5.74) is 6.21. The van der Waals surface area contributed by atoms with Crippen molar-refractivity contribution in [3.05, 3.63) is 33.0 Å². The Balaban J connectivity index is 2.75. The molecule has 2 N–H and O–H groups in total. The first kappa shape index (κ1) is 12.0. The van der Waals surface area contributed by atoms with E-state index in [-0.39, 0.29) is 10.8 Å². The number of nitrogens with two attached hydrogens (primary N) is 1. The molecule has 0 atom stereocenters. The Morgan fingerprint density at radius 1 is 1.36 bits per heavy atom. The molecule has 0 saturated carbocycles. The van der Waals surface area contributed by atoms with E-state index in [1.54, 1.807) is 0 Å². The maximum absolute atomic E-state index is 13.2. The third-order valence-corrected chi connectivity index (χ3v) is 2.85. The van der Waals surface area contributed by atoms with Crippen molar-refractivity contribution in [3.8, 4) is 0 Å². The lowest BCUT2D eigenvalue weighted by atomic mass is 10.1. The van der Waals surface area contributed by atoms with Crippen molar-refractivity contribution in [2.75, 3.05) is 6.54 Å². The van der Waals surface area contributed by atoms with Crippen molar-refractivity contribution in [2.24, 2.45) is 5.73 Å². The molecule has 0 spiro atoms. The molecular formula is C10H12BrClFN. The Bertz CT molecular complexity index is 317. The van der Waals surface area contributed by atoms with Gasteiger partial charge in [-0.25, -0.2) is 4.39 Å². The van der Waals surface area contributed by atoms with Crippen molar-refractivity contribution in [2.45, 2.75) is 19.3 Å². The van der Waals surface area contributed by atoms with E-state index in [9.17, 15) is 4.39 Å². The zero-order valence-corrected chi connectivity index (χ0v) is 10.0. The zero-order chi connectivity index (χ0) is 10.6. The average Bonchev–Trinajstić information content (AvgIpc) is 2.13. The van der Waals surface area contributed by atoms with Gasteiger partial charge in [-0.2, -0.15) is 0 Å². The van der Waals surface area contributed by atoms with Gasteiger partial charge in [0.2, 0.25) is 0 Å². The van der Waals surface area contributed by atoms with Crippen molar-refractivity contribution < 1.29 is 4.39 Å². The number of rotatable bonds is 4. The largest absolute Gasteiger partial charge is 0.330 e. The van der Waals surface area contributed by atoms with Crippen LogP contribution in [0.2, 0.25) is 5.02 Å². The molecule has 1 aromatic rings. The summed E-state index contributed by atoms with van der Waals surface area (Å²) in [7, 11) is 0. The van der Waals surface area contributed by atoms with Gasteiger partial charge in [0, 0.05) is 4.47 Å². The molecule has 0 radical (unpaired) electrons. The highest BCUT2D eigenvalue weighted by Gasteiger charge is 2.07. The number of benzene rings is 1. The van der Waals surface area contributed by atoms with Crippen molar-refractivity contribution in [1.82, 2.24) is 0 Å². The van der Waals surface area contributed by atoms with Gasteiger partial charge in [0.25, 0.3) is 0 Å². The van der Waals surface area contributed by atoms with Crippen molar-refractivity contribution in [3.63, 3.8) is 0 Å². The molecule has 0 unspecified atom stereocenters. The molecule has 0 bridgehead atoms. The molecule has 0 heterocycles. The Morgan fingerprint density at radius 3 is 2.71 bits per heavy atom. The van der Waals surface area contributed by atoms with Gasteiger partial charge < -0.3 is 5.73 Å². The predicted octanol–water partition coefficient (Wildman–Crippen LogP) is 3.52. The summed E-state index contributed by atoms with van der Waals surface area (Å²) in [6, 6.07) is 3.22. The van der Waals surface area contributed by atoms with Crippen LogP contribution in [-0.4, -0.2) is 6.54 Å². The molecule has 4 heteroatoms. The van der Waals surface area contributed by atoms with E-state index in [1.807, 2.05) is 6.07 Å². The first-order valence-electron chi connectivity index (χ1n) is 4.48. The molecule has 1 aromatic carbocycles. The molecule has 1 nitrogen and oxygen atoms in total. The van der Waals surface area contributed by atoms with Crippen LogP contribution in [0.25, 0.3) is 0 Å². The van der Waals surface area contributed by atoms with E-state index in [0.717, 1.165) is 29.3 Å². The monoisotopic (exact) mass is 279 g/mol. The smallest absolute Gasteiger partial charge is 0.143 e. The fourth-order valence-corrected chi connectivity index (χ4v) is 1.93. The summed E-state index contributed by atoms with van der Waals surface area (Å²) >= 11 is 9.05. The van der Waals surface area contributed by atoms with Crippen molar-refractivity contribution in [1.29, 1.82) is 0 Å². The van der Waals surface area contributed by atoms with E-state index in [1.165, 1.54) is 6.07 Å². The molecular weight excluding hydrogens is 268 g/mol. The second kappa shape index (κ2) is 5.69. The van der Waals surface area contributed by atoms with Gasteiger partial charge in [-0.05, 0) is 43.5 Å². The highest BCUT2D eigenvalue weighted by molar-refractivity contribution is 9.10. The van der Waals surface area contributed by atoms with Crippen LogP contribution >= 0.6 is 27.5 Å². The topological polar surface area (TPSA) is 26.0 Å². The minimum atomic E-state index is -0.371. The quantitative estimate of drug-likeness (QED) is 0.663. The number of halogens is 3. The van der Waals surface area contributed by atoms with Gasteiger partial charge >= 0.3 is 0 Å². The fraction of sp³-hybridized carbons (Fsp3) is 0.400. The lowest BCUT2D eigenvalue weighted by Gasteiger charge is -2.05. The fourth-order valence-electron chi connectivity index (χ4n) is 1.25. The summed E-state index contributed by atoms with van der Waals surface area (Å²) in [5, 5.41) is 0.227. The van der Waals surface area contributed by atoms with Crippen LogP contribution in [0.1, 0.15) is 18.4 Å². The third-order valence-electron chi connectivity index (χ3n) is 1.97. The molecule has 78 valence electrons. The van der Waals surface area contributed by atoms with Gasteiger partial charge in [-0.1, -0.05) is 27.5 Å². The zero-order valence-electron chi connectivity index (χ0n) is 7.69. The minimum absolute atomic E-state index is 0.227. The number of unbranched alkanes of at least 4 members (excludes halogenated alkanes) is 1. The first-order valence-corrected chi connectivity index (χ1v) is 5.65. The van der Waals surface area contributed by atoms with E-state index in [0.29, 0.717) is 6.54 Å². The second-order valence-corrected chi connectivity index (χ2v) is 4.40. The lowest BCUT2D eigenvalue weighted by molar-refractivity contribution is 0.623. The van der Waals surface area contributed by atoms with E-state index in [2.05, 4.69) is 15.9 Å². The molecule has 0 aromatic heterocycles. The molecule has 14 heavy (non-hydrogen) atoms. The summed E-state index contributed by atoms with van der Waals surface area (Å²) in [4.78, 5) is 0. The van der Waals surface area contributed by atoms with Crippen LogP contribution in [0.4, 0.5) is 4.39 Å². The van der Waals surface area contributed by atoms with Gasteiger partial charge in [0.05, 0.1) is 5.02 Å². The summed E-state index contributed by atoms with van der Waals surface area (Å²) in [5.74, 6) is -0.371. The number of hydrogen-bond donors (Lipinski definition) is 1. The first-order chi connectivity index (χ1) is 6.65. The molecule has 0 aliphatic rings. The molecule has 0 fully saturated rings. The standard InChI is InChI=1S/C10H12BrClFN/c11-8-5-7(3-1-2-4-14)10(12)9(13)6-8/h5-6H,1-4,14H2. The summed E-state index contributed by atoms with van der Waals surface area (Å²) < 4.78 is 13.9. The van der Waals surface area contributed by atoms with Gasteiger partial charge in [0.15, 0.2) is 0 Å². The van der Waals surface area contributed by atoms with Gasteiger partial charge in [-0.3, -0.25) is 0 Å².